The van der Waals surface area contributed by atoms with Crippen molar-refractivity contribution in [2.45, 2.75) is 13.8 Å². The number of benzene rings is 2. The van der Waals surface area contributed by atoms with Gasteiger partial charge in [-0.1, -0.05) is 17.6 Å². The molecule has 0 saturated heterocycles. The molecule has 0 heterocycles. The zero-order valence-electron chi connectivity index (χ0n) is 12.9. The molecular weight excluding hydrogens is 294 g/mol. The summed E-state index contributed by atoms with van der Waals surface area (Å²) in [6.07, 6.45) is 5.10. The summed E-state index contributed by atoms with van der Waals surface area (Å²) in [4.78, 5) is 12.1. The van der Waals surface area contributed by atoms with Gasteiger partial charge in [0.05, 0.1) is 5.56 Å². The van der Waals surface area contributed by atoms with Gasteiger partial charge in [-0.2, -0.15) is 0 Å². The van der Waals surface area contributed by atoms with Crippen LogP contribution in [0.1, 0.15) is 21.5 Å². The van der Waals surface area contributed by atoms with Gasteiger partial charge in [-0.3, -0.25) is 0 Å². The molecule has 2 radical (unpaired) electrons. The Bertz CT molecular complexity index is 750. The second-order valence-corrected chi connectivity index (χ2v) is 4.97. The van der Waals surface area contributed by atoms with Gasteiger partial charge in [-0.25, -0.2) is 9.18 Å². The molecule has 0 aliphatic rings. The fourth-order valence-electron chi connectivity index (χ4n) is 2.01. The zero-order chi connectivity index (χ0) is 17.0. The lowest BCUT2D eigenvalue weighted by Gasteiger charge is -2.13. The summed E-state index contributed by atoms with van der Waals surface area (Å²) in [5, 5.41) is 0. The average Bonchev–Trinajstić information content (AvgIpc) is 2.55. The van der Waals surface area contributed by atoms with Crippen molar-refractivity contribution >= 4 is 19.3 Å². The molecule has 5 heteroatoms. The highest BCUT2D eigenvalue weighted by molar-refractivity contribution is 6.35. The van der Waals surface area contributed by atoms with Gasteiger partial charge in [-0.05, 0) is 49.1 Å². The lowest BCUT2D eigenvalue weighted by atomic mass is 9.88. The predicted octanol–water partition coefficient (Wildman–Crippen LogP) is 2.47. The van der Waals surface area contributed by atoms with E-state index in [0.29, 0.717) is 16.9 Å². The first-order valence-electron chi connectivity index (χ1n) is 6.87. The lowest BCUT2D eigenvalue weighted by molar-refractivity contribution is 0.0729. The van der Waals surface area contributed by atoms with E-state index in [2.05, 4.69) is 5.92 Å². The number of esters is 1. The Balaban J connectivity index is 2.21. The quantitative estimate of drug-likeness (QED) is 0.377. The van der Waals surface area contributed by atoms with Crippen LogP contribution in [0.4, 0.5) is 4.39 Å². The molecule has 114 valence electrons. The van der Waals surface area contributed by atoms with E-state index in [1.807, 2.05) is 0 Å². The number of halogens is 1. The highest BCUT2D eigenvalue weighted by atomic mass is 19.1. The van der Waals surface area contributed by atoms with Gasteiger partial charge in [-0.15, -0.1) is 6.42 Å². The van der Waals surface area contributed by atoms with Crippen molar-refractivity contribution in [1.29, 1.82) is 0 Å². The SMILES string of the molecule is [B]c1c(C)cc(C)c(F)c1OC(=O)c1ccc(OCC#C)cc1. The van der Waals surface area contributed by atoms with E-state index in [1.54, 1.807) is 32.0 Å². The van der Waals surface area contributed by atoms with Gasteiger partial charge in [0.2, 0.25) is 0 Å². The molecule has 0 fully saturated rings. The highest BCUT2D eigenvalue weighted by Gasteiger charge is 2.17. The van der Waals surface area contributed by atoms with Crippen LogP contribution in [-0.4, -0.2) is 20.4 Å². The second kappa shape index (κ2) is 7.02. The van der Waals surface area contributed by atoms with Crippen LogP contribution in [0.5, 0.6) is 11.5 Å². The number of rotatable bonds is 4. The van der Waals surface area contributed by atoms with E-state index >= 15 is 0 Å². The topological polar surface area (TPSA) is 35.5 Å². The standard InChI is InChI=1S/C18H14BFO3/c1-4-9-22-14-7-5-13(6-8-14)18(21)23-17-15(19)11(2)10-12(3)16(17)20/h1,5-8,10H,9H2,2-3H3. The van der Waals surface area contributed by atoms with Crippen molar-refractivity contribution in [2.24, 2.45) is 0 Å². The summed E-state index contributed by atoms with van der Waals surface area (Å²) >= 11 is 0. The molecule has 2 aromatic carbocycles. The van der Waals surface area contributed by atoms with Crippen LogP contribution in [0.2, 0.25) is 0 Å². The Labute approximate surface area is 135 Å². The van der Waals surface area contributed by atoms with Gasteiger partial charge < -0.3 is 9.47 Å². The number of aryl methyl sites for hydroxylation is 2. The van der Waals surface area contributed by atoms with Crippen molar-refractivity contribution < 1.29 is 18.7 Å². The van der Waals surface area contributed by atoms with Crippen molar-refractivity contribution in [1.82, 2.24) is 0 Å². The first-order chi connectivity index (χ1) is 10.9. The molecule has 2 aromatic rings. The summed E-state index contributed by atoms with van der Waals surface area (Å²) in [6.45, 7) is 3.43. The number of hydrogen-bond donors (Lipinski definition) is 0. The summed E-state index contributed by atoms with van der Waals surface area (Å²) in [6, 6.07) is 7.76. The second-order valence-electron chi connectivity index (χ2n) is 4.97. The Hall–Kier alpha value is -2.74. The van der Waals surface area contributed by atoms with Crippen LogP contribution in [0.25, 0.3) is 0 Å². The number of terminal acetylenes is 1. The zero-order valence-corrected chi connectivity index (χ0v) is 12.9. The van der Waals surface area contributed by atoms with E-state index < -0.39 is 11.8 Å². The molecule has 0 aliphatic heterocycles. The van der Waals surface area contributed by atoms with Crippen molar-refractivity contribution in [3.05, 3.63) is 52.8 Å². The molecule has 0 bridgehead atoms. The smallest absolute Gasteiger partial charge is 0.343 e. The van der Waals surface area contributed by atoms with Crippen LogP contribution in [0, 0.1) is 32.0 Å². The fraction of sp³-hybridized carbons (Fsp3) is 0.167. The van der Waals surface area contributed by atoms with E-state index in [-0.39, 0.29) is 23.4 Å². The normalized spacial score (nSPS) is 10.0. The van der Waals surface area contributed by atoms with Crippen LogP contribution in [0.15, 0.2) is 30.3 Å². The van der Waals surface area contributed by atoms with Crippen LogP contribution >= 0.6 is 0 Å². The number of carbonyl (C=O) groups is 1. The third-order valence-electron chi connectivity index (χ3n) is 3.25. The number of hydrogen-bond acceptors (Lipinski definition) is 3. The maximum Gasteiger partial charge on any atom is 0.343 e. The third kappa shape index (κ3) is 3.72. The van der Waals surface area contributed by atoms with E-state index in [1.165, 1.54) is 12.1 Å². The molecule has 0 aliphatic carbocycles. The van der Waals surface area contributed by atoms with Gasteiger partial charge in [0.15, 0.2) is 11.6 Å². The lowest BCUT2D eigenvalue weighted by Crippen LogP contribution is -2.20. The van der Waals surface area contributed by atoms with Gasteiger partial charge >= 0.3 is 5.97 Å². The molecule has 0 atom stereocenters. The maximum atomic E-state index is 14.1. The van der Waals surface area contributed by atoms with E-state index in [4.69, 9.17) is 23.7 Å². The van der Waals surface area contributed by atoms with Gasteiger partial charge in [0.1, 0.15) is 20.2 Å². The Morgan fingerprint density at radius 3 is 2.52 bits per heavy atom. The molecule has 23 heavy (non-hydrogen) atoms. The summed E-state index contributed by atoms with van der Waals surface area (Å²) in [5.41, 5.74) is 1.36. The van der Waals surface area contributed by atoms with Crippen LogP contribution in [0.3, 0.4) is 0 Å². The summed E-state index contributed by atoms with van der Waals surface area (Å²) < 4.78 is 24.5. The van der Waals surface area contributed by atoms with E-state index in [9.17, 15) is 9.18 Å². The monoisotopic (exact) mass is 308 g/mol. The van der Waals surface area contributed by atoms with Crippen molar-refractivity contribution in [2.75, 3.05) is 6.61 Å². The van der Waals surface area contributed by atoms with Gasteiger partial charge in [0, 0.05) is 0 Å². The number of carbonyl (C=O) groups excluding carboxylic acids is 1. The van der Waals surface area contributed by atoms with Gasteiger partial charge in [0.25, 0.3) is 0 Å². The van der Waals surface area contributed by atoms with Crippen molar-refractivity contribution in [3.63, 3.8) is 0 Å². The third-order valence-corrected chi connectivity index (χ3v) is 3.25. The largest absolute Gasteiger partial charge is 0.481 e. The molecule has 0 unspecified atom stereocenters. The average molecular weight is 308 g/mol. The minimum atomic E-state index is -0.705. The van der Waals surface area contributed by atoms with E-state index in [0.717, 1.165) is 0 Å². The summed E-state index contributed by atoms with van der Waals surface area (Å²) in [5.74, 6) is 1.27. The molecule has 0 amide bonds. The first-order valence-corrected chi connectivity index (χ1v) is 6.87. The van der Waals surface area contributed by atoms with Crippen molar-refractivity contribution in [3.8, 4) is 23.8 Å². The maximum absolute atomic E-state index is 14.1. The minimum Gasteiger partial charge on any atom is -0.481 e. The minimum absolute atomic E-state index is 0.107. The van der Waals surface area contributed by atoms with Crippen LogP contribution < -0.4 is 14.9 Å². The fourth-order valence-corrected chi connectivity index (χ4v) is 2.01. The molecular formula is C18H14BFO3. The predicted molar refractivity (Wildman–Crippen MR) is 87.0 cm³/mol. The Morgan fingerprint density at radius 2 is 1.91 bits per heavy atom. The molecule has 0 N–H and O–H groups in total. The first kappa shape index (κ1) is 16.6. The highest BCUT2D eigenvalue weighted by Crippen LogP contribution is 2.21. The molecule has 0 spiro atoms. The Kier molecular flexibility index (Phi) is 5.07. The molecule has 3 nitrogen and oxygen atoms in total. The van der Waals surface area contributed by atoms with Crippen LogP contribution in [-0.2, 0) is 0 Å². The Morgan fingerprint density at radius 1 is 1.26 bits per heavy atom. The number of ether oxygens (including phenoxy) is 2. The molecule has 0 saturated carbocycles. The molecule has 2 rings (SSSR count). The molecule has 0 aromatic heterocycles. The summed E-state index contributed by atoms with van der Waals surface area (Å²) in [7, 11) is 5.80.